The molecule has 0 saturated heterocycles. The Bertz CT molecular complexity index is 978. The molecule has 0 aliphatic carbocycles. The first-order valence-electron chi connectivity index (χ1n) is 10.1. The lowest BCUT2D eigenvalue weighted by Crippen LogP contribution is -2.13. The van der Waals surface area contributed by atoms with Gasteiger partial charge in [-0.3, -0.25) is 4.79 Å². The van der Waals surface area contributed by atoms with E-state index < -0.39 is 0 Å². The Morgan fingerprint density at radius 2 is 1.43 bits per heavy atom. The van der Waals surface area contributed by atoms with E-state index in [4.69, 9.17) is 9.73 Å². The lowest BCUT2D eigenvalue weighted by molar-refractivity contribution is -0.135. The lowest BCUT2D eigenvalue weighted by atomic mass is 9.91. The fourth-order valence-electron chi connectivity index (χ4n) is 2.96. The van der Waals surface area contributed by atoms with E-state index in [0.29, 0.717) is 12.1 Å². The second kappa shape index (κ2) is 9.40. The summed E-state index contributed by atoms with van der Waals surface area (Å²) in [6, 6.07) is 24.5. The highest BCUT2D eigenvalue weighted by atomic mass is 16.5. The van der Waals surface area contributed by atoms with E-state index in [2.05, 4.69) is 20.8 Å². The van der Waals surface area contributed by atoms with Crippen LogP contribution in [0.15, 0.2) is 83.9 Å². The van der Waals surface area contributed by atoms with Crippen molar-refractivity contribution in [3.8, 4) is 11.5 Å². The van der Waals surface area contributed by atoms with Gasteiger partial charge in [0.2, 0.25) is 0 Å². The summed E-state index contributed by atoms with van der Waals surface area (Å²) in [7, 11) is 0. The number of phenolic OH excluding ortho intramolecular Hbond substituents is 1. The summed E-state index contributed by atoms with van der Waals surface area (Å²) in [5, 5.41) is 10.4. The lowest BCUT2D eigenvalue weighted by Gasteiger charge is -2.17. The van der Waals surface area contributed by atoms with Crippen LogP contribution in [0, 0.1) is 5.41 Å². The number of hydrogen-bond acceptors (Lipinski definition) is 4. The van der Waals surface area contributed by atoms with Gasteiger partial charge in [0.25, 0.3) is 0 Å². The van der Waals surface area contributed by atoms with Crippen molar-refractivity contribution >= 4 is 17.4 Å². The smallest absolute Gasteiger partial charge is 0.311 e. The maximum absolute atomic E-state index is 12.4. The van der Waals surface area contributed by atoms with Gasteiger partial charge in [-0.25, -0.2) is 4.99 Å². The fourth-order valence-corrected chi connectivity index (χ4v) is 2.96. The van der Waals surface area contributed by atoms with Crippen molar-refractivity contribution in [3.63, 3.8) is 0 Å². The van der Waals surface area contributed by atoms with E-state index in [1.807, 2.05) is 60.7 Å². The Kier molecular flexibility index (Phi) is 6.68. The number of carbonyl (C=O) groups excluding carboxylic acids is 1. The molecule has 0 atom stereocenters. The largest absolute Gasteiger partial charge is 0.504 e. The van der Waals surface area contributed by atoms with Crippen molar-refractivity contribution in [1.29, 1.82) is 0 Å². The molecule has 0 heterocycles. The van der Waals surface area contributed by atoms with Gasteiger partial charge in [-0.2, -0.15) is 0 Å². The van der Waals surface area contributed by atoms with E-state index in [-0.39, 0.29) is 29.3 Å². The van der Waals surface area contributed by atoms with E-state index in [1.165, 1.54) is 6.07 Å². The minimum Gasteiger partial charge on any atom is -0.504 e. The van der Waals surface area contributed by atoms with Gasteiger partial charge in [0.15, 0.2) is 11.5 Å². The Labute approximate surface area is 177 Å². The molecule has 4 heteroatoms. The number of ether oxygens (including phenoxy) is 1. The summed E-state index contributed by atoms with van der Waals surface area (Å²) in [4.78, 5) is 17.2. The molecule has 0 aromatic heterocycles. The van der Waals surface area contributed by atoms with Crippen LogP contribution in [0.1, 0.15) is 44.7 Å². The number of nitrogens with zero attached hydrogens (tertiary/aromatic N) is 1. The van der Waals surface area contributed by atoms with Gasteiger partial charge < -0.3 is 9.84 Å². The van der Waals surface area contributed by atoms with Crippen molar-refractivity contribution < 1.29 is 14.6 Å². The van der Waals surface area contributed by atoms with Crippen molar-refractivity contribution in [2.24, 2.45) is 10.4 Å². The molecular formula is C26H27NO3. The highest BCUT2D eigenvalue weighted by Crippen LogP contribution is 2.38. The zero-order valence-electron chi connectivity index (χ0n) is 17.6. The average Bonchev–Trinajstić information content (AvgIpc) is 2.73. The van der Waals surface area contributed by atoms with Crippen LogP contribution in [-0.4, -0.2) is 16.8 Å². The van der Waals surface area contributed by atoms with Crippen LogP contribution in [0.3, 0.4) is 0 Å². The summed E-state index contributed by atoms with van der Waals surface area (Å²) in [5.74, 6) is -0.412. The molecule has 0 aliphatic heterocycles. The summed E-state index contributed by atoms with van der Waals surface area (Å²) >= 11 is 0. The Balaban J connectivity index is 2.00. The van der Waals surface area contributed by atoms with Gasteiger partial charge in [0, 0.05) is 17.5 Å². The number of hydrogen-bond donors (Lipinski definition) is 1. The van der Waals surface area contributed by atoms with Gasteiger partial charge in [-0.05, 0) is 24.0 Å². The summed E-state index contributed by atoms with van der Waals surface area (Å²) in [5.41, 5.74) is 3.01. The number of para-hydroxylation sites is 1. The van der Waals surface area contributed by atoms with E-state index in [0.717, 1.165) is 16.8 Å². The topological polar surface area (TPSA) is 58.9 Å². The second-order valence-corrected chi connectivity index (χ2v) is 8.35. The van der Waals surface area contributed by atoms with Crippen molar-refractivity contribution in [1.82, 2.24) is 0 Å². The first-order chi connectivity index (χ1) is 14.3. The number of esters is 1. The number of aromatic hydroxyl groups is 1. The van der Waals surface area contributed by atoms with Crippen LogP contribution >= 0.6 is 0 Å². The van der Waals surface area contributed by atoms with Gasteiger partial charge in [-0.1, -0.05) is 87.5 Å². The van der Waals surface area contributed by atoms with Gasteiger partial charge >= 0.3 is 5.97 Å². The van der Waals surface area contributed by atoms with Gasteiger partial charge in [0.1, 0.15) is 5.69 Å². The number of rotatable bonds is 6. The van der Waals surface area contributed by atoms with Crippen LogP contribution in [0.25, 0.3) is 0 Å². The third kappa shape index (κ3) is 5.80. The zero-order valence-corrected chi connectivity index (χ0v) is 17.6. The molecule has 0 fully saturated rings. The highest BCUT2D eigenvalue weighted by molar-refractivity contribution is 6.14. The third-order valence-corrected chi connectivity index (χ3v) is 4.60. The van der Waals surface area contributed by atoms with E-state index in [9.17, 15) is 9.90 Å². The molecule has 0 saturated carbocycles. The maximum Gasteiger partial charge on any atom is 0.311 e. The molecule has 3 aromatic carbocycles. The predicted molar refractivity (Wildman–Crippen MR) is 121 cm³/mol. The molecule has 0 spiro atoms. The summed E-state index contributed by atoms with van der Waals surface area (Å²) in [6.07, 6.45) is 0.961. The predicted octanol–water partition coefficient (Wildman–Crippen LogP) is 6.29. The normalized spacial score (nSPS) is 11.0. The molecule has 154 valence electrons. The van der Waals surface area contributed by atoms with Crippen LogP contribution in [0.4, 0.5) is 5.69 Å². The fraction of sp³-hybridized carbons (Fsp3) is 0.231. The van der Waals surface area contributed by atoms with Crippen LogP contribution < -0.4 is 4.74 Å². The van der Waals surface area contributed by atoms with Crippen LogP contribution in [0.5, 0.6) is 11.5 Å². The first kappa shape index (κ1) is 21.3. The zero-order chi connectivity index (χ0) is 21.6. The van der Waals surface area contributed by atoms with E-state index >= 15 is 0 Å². The molecule has 0 radical (unpaired) electrons. The third-order valence-electron chi connectivity index (χ3n) is 4.60. The highest BCUT2D eigenvalue weighted by Gasteiger charge is 2.18. The van der Waals surface area contributed by atoms with Crippen molar-refractivity contribution in [2.45, 2.75) is 33.6 Å². The minimum absolute atomic E-state index is 0.0204. The number of benzene rings is 3. The Morgan fingerprint density at radius 1 is 0.867 bits per heavy atom. The molecule has 0 unspecified atom stereocenters. The minimum atomic E-state index is -0.385. The van der Waals surface area contributed by atoms with Crippen molar-refractivity contribution in [3.05, 3.63) is 90.0 Å². The molecule has 0 bridgehead atoms. The standard InChI is InChI=1S/C26H27NO3/c1-26(2,3)18-17-23(29)30-25-21(15-10-16-22(25)28)27-24(19-11-6-4-7-12-19)20-13-8-5-9-14-20/h4-16,28H,17-18H2,1-3H3. The first-order valence-corrected chi connectivity index (χ1v) is 10.1. The summed E-state index contributed by atoms with van der Waals surface area (Å²) in [6.45, 7) is 6.21. The molecule has 0 amide bonds. The summed E-state index contributed by atoms with van der Waals surface area (Å²) < 4.78 is 5.55. The number of phenols is 1. The molecule has 3 rings (SSSR count). The molecule has 3 aromatic rings. The van der Waals surface area contributed by atoms with Gasteiger partial charge in [-0.15, -0.1) is 0 Å². The SMILES string of the molecule is CC(C)(C)CCC(=O)Oc1c(O)cccc1N=C(c1ccccc1)c1ccccc1. The Hall–Kier alpha value is -3.40. The van der Waals surface area contributed by atoms with Gasteiger partial charge in [0.05, 0.1) is 5.71 Å². The molecule has 30 heavy (non-hydrogen) atoms. The van der Waals surface area contributed by atoms with E-state index in [1.54, 1.807) is 12.1 Å². The maximum atomic E-state index is 12.4. The van der Waals surface area contributed by atoms with Crippen LogP contribution in [-0.2, 0) is 4.79 Å². The van der Waals surface area contributed by atoms with Crippen LogP contribution in [0.2, 0.25) is 0 Å². The van der Waals surface area contributed by atoms with Crippen molar-refractivity contribution in [2.75, 3.05) is 0 Å². The quantitative estimate of drug-likeness (QED) is 0.300. The number of aliphatic imine (C=N–C) groups is 1. The average molecular weight is 402 g/mol. The number of carbonyl (C=O) groups is 1. The Morgan fingerprint density at radius 3 is 1.97 bits per heavy atom. The molecule has 1 N–H and O–H groups in total. The monoisotopic (exact) mass is 401 g/mol. The molecule has 0 aliphatic rings. The molecule has 4 nitrogen and oxygen atoms in total. The molecular weight excluding hydrogens is 374 g/mol. The second-order valence-electron chi connectivity index (χ2n) is 8.35.